The summed E-state index contributed by atoms with van der Waals surface area (Å²) < 4.78 is 0.945. The molecule has 0 saturated carbocycles. The number of rotatable bonds is 2. The summed E-state index contributed by atoms with van der Waals surface area (Å²) in [6.07, 6.45) is 0.994. The summed E-state index contributed by atoms with van der Waals surface area (Å²) in [4.78, 5) is 14.3. The van der Waals surface area contributed by atoms with Crippen molar-refractivity contribution in [2.75, 3.05) is 20.1 Å². The summed E-state index contributed by atoms with van der Waals surface area (Å²) in [5.41, 5.74) is 1.37. The van der Waals surface area contributed by atoms with Crippen LogP contribution >= 0.6 is 15.9 Å². The molecule has 2 N–H and O–H groups in total. The summed E-state index contributed by atoms with van der Waals surface area (Å²) in [6, 6.07) is 6.03. The maximum absolute atomic E-state index is 12.5. The molecule has 2 aromatic rings. The summed E-state index contributed by atoms with van der Waals surface area (Å²) in [5.74, 6) is -0.0296. The number of halogens is 1. The maximum atomic E-state index is 12.5. The van der Waals surface area contributed by atoms with Crippen LogP contribution in [0.3, 0.4) is 0 Å². The van der Waals surface area contributed by atoms with Gasteiger partial charge in [0.2, 0.25) is 0 Å². The number of fused-ring (bicyclic) bond motifs is 1. The van der Waals surface area contributed by atoms with Gasteiger partial charge in [0, 0.05) is 29.5 Å². The average molecular weight is 323 g/mol. The number of nitrogens with zero attached hydrogens (tertiary/aromatic N) is 2. The SMILES string of the molecule is CN(C(=O)c1n[nH]c2ccc(Br)cc12)C1CCNC1. The topological polar surface area (TPSA) is 61.0 Å². The Kier molecular flexibility index (Phi) is 3.28. The van der Waals surface area contributed by atoms with Crippen LogP contribution in [0, 0.1) is 0 Å². The highest BCUT2D eigenvalue weighted by Crippen LogP contribution is 2.22. The van der Waals surface area contributed by atoms with E-state index >= 15 is 0 Å². The predicted molar refractivity (Wildman–Crippen MR) is 77.2 cm³/mol. The largest absolute Gasteiger partial charge is 0.336 e. The van der Waals surface area contributed by atoms with Crippen LogP contribution in [0.25, 0.3) is 10.9 Å². The number of H-pyrrole nitrogens is 1. The first kappa shape index (κ1) is 12.6. The lowest BCUT2D eigenvalue weighted by molar-refractivity contribution is 0.0739. The number of likely N-dealkylation sites (N-methyl/N-ethyl adjacent to an activating group) is 1. The molecule has 0 bridgehead atoms. The third-order valence-electron chi connectivity index (χ3n) is 3.63. The molecule has 1 aliphatic rings. The second-order valence-corrected chi connectivity index (χ2v) is 5.74. The van der Waals surface area contributed by atoms with E-state index in [2.05, 4.69) is 31.4 Å². The molecule has 1 aromatic heterocycles. The van der Waals surface area contributed by atoms with Gasteiger partial charge in [-0.2, -0.15) is 5.10 Å². The summed E-state index contributed by atoms with van der Waals surface area (Å²) in [7, 11) is 1.85. The highest BCUT2D eigenvalue weighted by atomic mass is 79.9. The molecular formula is C13H15BrN4O. The second kappa shape index (κ2) is 4.94. The molecule has 2 heterocycles. The Morgan fingerprint density at radius 2 is 2.37 bits per heavy atom. The van der Waals surface area contributed by atoms with Gasteiger partial charge >= 0.3 is 0 Å². The first-order chi connectivity index (χ1) is 9.16. The first-order valence-corrected chi connectivity index (χ1v) is 7.07. The van der Waals surface area contributed by atoms with Crippen LogP contribution in [0.5, 0.6) is 0 Å². The van der Waals surface area contributed by atoms with E-state index in [1.165, 1.54) is 0 Å². The Labute approximate surface area is 119 Å². The second-order valence-electron chi connectivity index (χ2n) is 4.82. The van der Waals surface area contributed by atoms with E-state index in [1.54, 1.807) is 4.90 Å². The van der Waals surface area contributed by atoms with Crippen molar-refractivity contribution in [2.45, 2.75) is 12.5 Å². The molecule has 3 rings (SSSR count). The first-order valence-electron chi connectivity index (χ1n) is 6.28. The molecule has 1 aromatic carbocycles. The number of aromatic nitrogens is 2. The van der Waals surface area contributed by atoms with Gasteiger partial charge in [-0.25, -0.2) is 0 Å². The van der Waals surface area contributed by atoms with E-state index in [9.17, 15) is 4.79 Å². The Hall–Kier alpha value is -1.40. The summed E-state index contributed by atoms with van der Waals surface area (Å²) >= 11 is 3.43. The minimum atomic E-state index is -0.0296. The minimum Gasteiger partial charge on any atom is -0.336 e. The van der Waals surface area contributed by atoms with Gasteiger partial charge in [-0.05, 0) is 31.2 Å². The van der Waals surface area contributed by atoms with Gasteiger partial charge in [0.15, 0.2) is 5.69 Å². The normalized spacial score (nSPS) is 18.9. The number of aromatic amines is 1. The van der Waals surface area contributed by atoms with Crippen molar-refractivity contribution in [2.24, 2.45) is 0 Å². The fraction of sp³-hybridized carbons (Fsp3) is 0.385. The van der Waals surface area contributed by atoms with Gasteiger partial charge in [0.1, 0.15) is 0 Å². The van der Waals surface area contributed by atoms with Gasteiger partial charge in [-0.15, -0.1) is 0 Å². The molecule has 1 fully saturated rings. The molecule has 0 radical (unpaired) electrons. The van der Waals surface area contributed by atoms with Crippen LogP contribution < -0.4 is 5.32 Å². The molecule has 19 heavy (non-hydrogen) atoms. The van der Waals surface area contributed by atoms with Crippen molar-refractivity contribution >= 4 is 32.7 Å². The third kappa shape index (κ3) is 2.26. The van der Waals surface area contributed by atoms with Crippen molar-refractivity contribution in [1.82, 2.24) is 20.4 Å². The van der Waals surface area contributed by atoms with Gasteiger partial charge < -0.3 is 10.2 Å². The molecule has 1 aliphatic heterocycles. The van der Waals surface area contributed by atoms with Gasteiger partial charge in [-0.3, -0.25) is 9.89 Å². The van der Waals surface area contributed by atoms with Crippen molar-refractivity contribution in [3.63, 3.8) is 0 Å². The number of hydrogen-bond donors (Lipinski definition) is 2. The number of nitrogens with one attached hydrogen (secondary N) is 2. The van der Waals surface area contributed by atoms with Crippen molar-refractivity contribution in [1.29, 1.82) is 0 Å². The number of carbonyl (C=O) groups is 1. The molecule has 0 spiro atoms. The molecular weight excluding hydrogens is 308 g/mol. The van der Waals surface area contributed by atoms with E-state index in [-0.39, 0.29) is 11.9 Å². The van der Waals surface area contributed by atoms with Gasteiger partial charge in [-0.1, -0.05) is 15.9 Å². The van der Waals surface area contributed by atoms with Gasteiger partial charge in [0.05, 0.1) is 5.52 Å². The summed E-state index contributed by atoms with van der Waals surface area (Å²) in [6.45, 7) is 1.82. The smallest absolute Gasteiger partial charge is 0.275 e. The Balaban J connectivity index is 1.94. The number of hydrogen-bond acceptors (Lipinski definition) is 3. The Morgan fingerprint density at radius 1 is 1.53 bits per heavy atom. The molecule has 5 nitrogen and oxygen atoms in total. The third-order valence-corrected chi connectivity index (χ3v) is 4.12. The van der Waals surface area contributed by atoms with Crippen molar-refractivity contribution in [3.05, 3.63) is 28.4 Å². The highest BCUT2D eigenvalue weighted by molar-refractivity contribution is 9.10. The Bertz CT molecular complexity index is 618. The number of carbonyl (C=O) groups excluding carboxylic acids is 1. The lowest BCUT2D eigenvalue weighted by atomic mass is 10.1. The van der Waals surface area contributed by atoms with E-state index in [4.69, 9.17) is 0 Å². The highest BCUT2D eigenvalue weighted by Gasteiger charge is 2.26. The van der Waals surface area contributed by atoms with Crippen LogP contribution in [-0.2, 0) is 0 Å². The fourth-order valence-corrected chi connectivity index (χ4v) is 2.81. The fourth-order valence-electron chi connectivity index (χ4n) is 2.45. The standard InChI is InChI=1S/C13H15BrN4O/c1-18(9-4-5-15-7-9)13(19)12-10-6-8(14)2-3-11(10)16-17-12/h2-3,6,9,15H,4-5,7H2,1H3,(H,16,17). The Morgan fingerprint density at radius 3 is 3.11 bits per heavy atom. The molecule has 6 heteroatoms. The predicted octanol–water partition coefficient (Wildman–Crippen LogP) is 1.76. The van der Waals surface area contributed by atoms with Crippen LogP contribution in [0.4, 0.5) is 0 Å². The van der Waals surface area contributed by atoms with Crippen molar-refractivity contribution in [3.8, 4) is 0 Å². The van der Waals surface area contributed by atoms with Crippen LogP contribution in [0.1, 0.15) is 16.9 Å². The molecule has 1 unspecified atom stereocenters. The molecule has 1 atom stereocenters. The zero-order chi connectivity index (χ0) is 13.4. The monoisotopic (exact) mass is 322 g/mol. The zero-order valence-electron chi connectivity index (χ0n) is 10.6. The van der Waals surface area contributed by atoms with Crippen LogP contribution in [-0.4, -0.2) is 47.2 Å². The number of amides is 1. The lowest BCUT2D eigenvalue weighted by Gasteiger charge is -2.22. The lowest BCUT2D eigenvalue weighted by Crippen LogP contribution is -2.38. The summed E-state index contributed by atoms with van der Waals surface area (Å²) in [5, 5.41) is 11.2. The molecule has 100 valence electrons. The van der Waals surface area contributed by atoms with E-state index in [0.717, 1.165) is 34.9 Å². The minimum absolute atomic E-state index is 0.0296. The van der Waals surface area contributed by atoms with Crippen molar-refractivity contribution < 1.29 is 4.79 Å². The van der Waals surface area contributed by atoms with E-state index < -0.39 is 0 Å². The maximum Gasteiger partial charge on any atom is 0.275 e. The molecule has 1 amide bonds. The van der Waals surface area contributed by atoms with E-state index in [1.807, 2.05) is 25.2 Å². The number of benzene rings is 1. The van der Waals surface area contributed by atoms with Gasteiger partial charge in [0.25, 0.3) is 5.91 Å². The average Bonchev–Trinajstić information content (AvgIpc) is 3.05. The van der Waals surface area contributed by atoms with Crippen LogP contribution in [0.15, 0.2) is 22.7 Å². The quantitative estimate of drug-likeness (QED) is 0.885. The molecule has 1 saturated heterocycles. The molecule has 0 aliphatic carbocycles. The van der Waals surface area contributed by atoms with E-state index in [0.29, 0.717) is 5.69 Å². The van der Waals surface area contributed by atoms with Crippen LogP contribution in [0.2, 0.25) is 0 Å². The zero-order valence-corrected chi connectivity index (χ0v) is 12.2.